The Labute approximate surface area is 85.0 Å². The quantitative estimate of drug-likeness (QED) is 0.599. The van der Waals surface area contributed by atoms with E-state index in [0.717, 1.165) is 30.1 Å². The largest absolute Gasteiger partial charge is 0.462 e. The lowest BCUT2D eigenvalue weighted by Gasteiger charge is -2.30. The number of ether oxygens (including phenoxy) is 1. The van der Waals surface area contributed by atoms with Gasteiger partial charge in [-0.3, -0.25) is 4.79 Å². The summed E-state index contributed by atoms with van der Waals surface area (Å²) in [7, 11) is 0. The first-order valence-corrected chi connectivity index (χ1v) is 5.93. The lowest BCUT2D eigenvalue weighted by molar-refractivity contribution is -0.150. The molecule has 14 heavy (non-hydrogen) atoms. The molecule has 3 fully saturated rings. The third-order valence-electron chi connectivity index (χ3n) is 4.69. The highest BCUT2D eigenvalue weighted by atomic mass is 16.5. The van der Waals surface area contributed by atoms with Crippen LogP contribution in [0.3, 0.4) is 0 Å². The Morgan fingerprint density at radius 1 is 1.14 bits per heavy atom. The van der Waals surface area contributed by atoms with Crippen molar-refractivity contribution in [2.75, 3.05) is 0 Å². The van der Waals surface area contributed by atoms with Crippen LogP contribution >= 0.6 is 0 Å². The van der Waals surface area contributed by atoms with E-state index in [1.165, 1.54) is 32.6 Å². The summed E-state index contributed by atoms with van der Waals surface area (Å²) in [6.07, 6.45) is 7.02. The highest BCUT2D eigenvalue weighted by Gasteiger charge is 2.54. The maximum atomic E-state index is 10.9. The fourth-order valence-electron chi connectivity index (χ4n) is 4.35. The van der Waals surface area contributed by atoms with Crippen molar-refractivity contribution in [2.24, 2.45) is 23.7 Å². The van der Waals surface area contributed by atoms with Gasteiger partial charge in [0.05, 0.1) is 0 Å². The first-order chi connectivity index (χ1) is 6.75. The summed E-state index contributed by atoms with van der Waals surface area (Å²) in [5, 5.41) is 0. The molecule has 0 N–H and O–H groups in total. The van der Waals surface area contributed by atoms with Crippen LogP contribution < -0.4 is 0 Å². The molecule has 3 aliphatic carbocycles. The average Bonchev–Trinajstić information content (AvgIpc) is 2.68. The highest BCUT2D eigenvalue weighted by Crippen LogP contribution is 2.59. The van der Waals surface area contributed by atoms with Gasteiger partial charge in [-0.2, -0.15) is 0 Å². The van der Waals surface area contributed by atoms with Crippen molar-refractivity contribution in [1.82, 2.24) is 0 Å². The van der Waals surface area contributed by atoms with E-state index in [-0.39, 0.29) is 12.1 Å². The fraction of sp³-hybridized carbons (Fsp3) is 0.917. The average molecular weight is 194 g/mol. The molecule has 0 aromatic carbocycles. The molecular formula is C12H18O2. The molecule has 3 rings (SSSR count). The SMILES string of the molecule is CC(=O)O[C@@H]1C[C@H]2C[C@@H]1[C@H]1CCC[C@@H]21. The Kier molecular flexibility index (Phi) is 1.86. The van der Waals surface area contributed by atoms with Crippen molar-refractivity contribution in [3.05, 3.63) is 0 Å². The second-order valence-corrected chi connectivity index (χ2v) is 5.30. The topological polar surface area (TPSA) is 26.3 Å². The molecule has 5 atom stereocenters. The van der Waals surface area contributed by atoms with Crippen LogP contribution in [0, 0.1) is 23.7 Å². The first-order valence-electron chi connectivity index (χ1n) is 5.93. The molecule has 0 unspecified atom stereocenters. The van der Waals surface area contributed by atoms with Gasteiger partial charge in [0.1, 0.15) is 6.10 Å². The first kappa shape index (κ1) is 8.75. The van der Waals surface area contributed by atoms with E-state index in [9.17, 15) is 4.79 Å². The number of rotatable bonds is 1. The predicted octanol–water partition coefficient (Wildman–Crippen LogP) is 2.37. The second-order valence-electron chi connectivity index (χ2n) is 5.30. The predicted molar refractivity (Wildman–Crippen MR) is 52.6 cm³/mol. The zero-order valence-corrected chi connectivity index (χ0v) is 8.74. The summed E-state index contributed by atoms with van der Waals surface area (Å²) in [5.74, 6) is 3.41. The Morgan fingerprint density at radius 2 is 1.93 bits per heavy atom. The van der Waals surface area contributed by atoms with Crippen LogP contribution in [0.15, 0.2) is 0 Å². The molecule has 3 aliphatic rings. The van der Waals surface area contributed by atoms with Gasteiger partial charge in [0.25, 0.3) is 0 Å². The third kappa shape index (κ3) is 1.12. The Bertz CT molecular complexity index is 261. The van der Waals surface area contributed by atoms with Crippen molar-refractivity contribution in [3.8, 4) is 0 Å². The van der Waals surface area contributed by atoms with Crippen molar-refractivity contribution in [1.29, 1.82) is 0 Å². The molecule has 2 nitrogen and oxygen atoms in total. The molecule has 78 valence electrons. The summed E-state index contributed by atoms with van der Waals surface area (Å²) < 4.78 is 5.41. The van der Waals surface area contributed by atoms with E-state index in [0.29, 0.717) is 0 Å². The van der Waals surface area contributed by atoms with Crippen LogP contribution in [0.5, 0.6) is 0 Å². The molecule has 0 aromatic rings. The highest BCUT2D eigenvalue weighted by molar-refractivity contribution is 5.66. The summed E-state index contributed by atoms with van der Waals surface area (Å²) in [5.41, 5.74) is 0. The van der Waals surface area contributed by atoms with Crippen molar-refractivity contribution in [2.45, 2.75) is 45.1 Å². The molecule has 0 saturated heterocycles. The van der Waals surface area contributed by atoms with E-state index in [4.69, 9.17) is 4.74 Å². The maximum Gasteiger partial charge on any atom is 0.302 e. The van der Waals surface area contributed by atoms with Gasteiger partial charge in [0.2, 0.25) is 0 Å². The van der Waals surface area contributed by atoms with Crippen molar-refractivity contribution < 1.29 is 9.53 Å². The smallest absolute Gasteiger partial charge is 0.302 e. The van der Waals surface area contributed by atoms with Crippen molar-refractivity contribution >= 4 is 5.97 Å². The standard InChI is InChI=1S/C12H18O2/c1-7(13)14-12-6-8-5-11(12)10-4-2-3-9(8)10/h8-12H,2-6H2,1H3/t8-,9+,10+,11-,12-/m1/s1. The zero-order chi connectivity index (χ0) is 9.71. The molecular weight excluding hydrogens is 176 g/mol. The zero-order valence-electron chi connectivity index (χ0n) is 8.74. The molecule has 0 heterocycles. The molecule has 2 bridgehead atoms. The van der Waals surface area contributed by atoms with E-state index < -0.39 is 0 Å². The summed E-state index contributed by atoms with van der Waals surface area (Å²) in [4.78, 5) is 10.9. The van der Waals surface area contributed by atoms with Gasteiger partial charge in [-0.1, -0.05) is 6.42 Å². The van der Waals surface area contributed by atoms with Crippen LogP contribution in [0.4, 0.5) is 0 Å². The van der Waals surface area contributed by atoms with Crippen LogP contribution in [-0.2, 0) is 9.53 Å². The van der Waals surface area contributed by atoms with E-state index in [2.05, 4.69) is 0 Å². The van der Waals surface area contributed by atoms with Crippen LogP contribution in [0.25, 0.3) is 0 Å². The van der Waals surface area contributed by atoms with Gasteiger partial charge >= 0.3 is 5.97 Å². The second kappa shape index (κ2) is 2.98. The number of hydrogen-bond donors (Lipinski definition) is 0. The van der Waals surface area contributed by atoms with E-state index in [1.54, 1.807) is 0 Å². The number of carbonyl (C=O) groups excluding carboxylic acids is 1. The lowest BCUT2D eigenvalue weighted by Crippen LogP contribution is -2.31. The van der Waals surface area contributed by atoms with Gasteiger partial charge in [-0.15, -0.1) is 0 Å². The summed E-state index contributed by atoms with van der Waals surface area (Å²) >= 11 is 0. The maximum absolute atomic E-state index is 10.9. The summed E-state index contributed by atoms with van der Waals surface area (Å²) in [6, 6.07) is 0. The number of fused-ring (bicyclic) bond motifs is 5. The minimum absolute atomic E-state index is 0.0860. The normalized spacial score (nSPS) is 49.4. The Hall–Kier alpha value is -0.530. The molecule has 0 radical (unpaired) electrons. The van der Waals surface area contributed by atoms with E-state index in [1.807, 2.05) is 0 Å². The monoisotopic (exact) mass is 194 g/mol. The Balaban J connectivity index is 1.73. The van der Waals surface area contributed by atoms with Gasteiger partial charge in [0, 0.05) is 6.92 Å². The van der Waals surface area contributed by atoms with Crippen LogP contribution in [-0.4, -0.2) is 12.1 Å². The number of carbonyl (C=O) groups is 1. The fourth-order valence-corrected chi connectivity index (χ4v) is 4.35. The molecule has 0 aromatic heterocycles. The number of esters is 1. The molecule has 0 aliphatic heterocycles. The van der Waals surface area contributed by atoms with Crippen LogP contribution in [0.2, 0.25) is 0 Å². The van der Waals surface area contributed by atoms with Gasteiger partial charge in [0.15, 0.2) is 0 Å². The van der Waals surface area contributed by atoms with Gasteiger partial charge in [-0.05, 0) is 49.4 Å². The minimum atomic E-state index is -0.0860. The Morgan fingerprint density at radius 3 is 2.71 bits per heavy atom. The molecule has 3 saturated carbocycles. The molecule has 2 heteroatoms. The molecule has 0 amide bonds. The van der Waals surface area contributed by atoms with Gasteiger partial charge in [-0.25, -0.2) is 0 Å². The molecule has 0 spiro atoms. The van der Waals surface area contributed by atoms with Gasteiger partial charge < -0.3 is 4.74 Å². The van der Waals surface area contributed by atoms with Crippen molar-refractivity contribution in [3.63, 3.8) is 0 Å². The lowest BCUT2D eigenvalue weighted by atomic mass is 9.80. The summed E-state index contributed by atoms with van der Waals surface area (Å²) in [6.45, 7) is 1.54. The number of hydrogen-bond acceptors (Lipinski definition) is 2. The third-order valence-corrected chi connectivity index (χ3v) is 4.69. The van der Waals surface area contributed by atoms with E-state index >= 15 is 0 Å². The minimum Gasteiger partial charge on any atom is -0.462 e. The van der Waals surface area contributed by atoms with Crippen LogP contribution in [0.1, 0.15) is 39.0 Å².